The number of H-pyrrole nitrogens is 1. The van der Waals surface area contributed by atoms with Gasteiger partial charge in [0, 0.05) is 23.7 Å². The van der Waals surface area contributed by atoms with Gasteiger partial charge in [-0.3, -0.25) is 20.4 Å². The monoisotopic (exact) mass is 329 g/mol. The highest BCUT2D eigenvalue weighted by molar-refractivity contribution is 9.10. The first-order valence-electron chi connectivity index (χ1n) is 6.20. The van der Waals surface area contributed by atoms with Gasteiger partial charge >= 0.3 is 0 Å². The number of ether oxygens (including phenoxy) is 1. The number of carbonyl (C=O) groups is 2. The molecule has 1 aliphatic heterocycles. The van der Waals surface area contributed by atoms with Crippen LogP contribution in [0.5, 0.6) is 0 Å². The van der Waals surface area contributed by atoms with E-state index in [0.29, 0.717) is 18.5 Å². The SMILES string of the molecule is O=C(CC[C@H]1CCCO1)NNC(=O)c1cc(Br)c[nH]1. The molecule has 1 aromatic heterocycles. The average molecular weight is 330 g/mol. The van der Waals surface area contributed by atoms with Crippen molar-refractivity contribution >= 4 is 27.7 Å². The van der Waals surface area contributed by atoms with E-state index in [4.69, 9.17) is 4.74 Å². The van der Waals surface area contributed by atoms with E-state index < -0.39 is 0 Å². The van der Waals surface area contributed by atoms with E-state index in [0.717, 1.165) is 23.9 Å². The minimum absolute atomic E-state index is 0.181. The molecule has 1 atom stereocenters. The lowest BCUT2D eigenvalue weighted by atomic mass is 10.1. The van der Waals surface area contributed by atoms with Crippen LogP contribution in [0.15, 0.2) is 16.7 Å². The van der Waals surface area contributed by atoms with E-state index in [1.165, 1.54) is 0 Å². The molecule has 19 heavy (non-hydrogen) atoms. The van der Waals surface area contributed by atoms with Crippen LogP contribution in [0, 0.1) is 0 Å². The number of aromatic nitrogens is 1. The number of hydrogen-bond acceptors (Lipinski definition) is 3. The quantitative estimate of drug-likeness (QED) is 0.732. The Morgan fingerprint density at radius 2 is 2.32 bits per heavy atom. The van der Waals surface area contributed by atoms with Crippen LogP contribution in [0.25, 0.3) is 0 Å². The maximum atomic E-state index is 11.6. The first kappa shape index (κ1) is 14.1. The zero-order valence-corrected chi connectivity index (χ0v) is 12.0. The van der Waals surface area contributed by atoms with Gasteiger partial charge in [0.25, 0.3) is 5.91 Å². The summed E-state index contributed by atoms with van der Waals surface area (Å²) in [4.78, 5) is 25.9. The first-order chi connectivity index (χ1) is 9.15. The van der Waals surface area contributed by atoms with Gasteiger partial charge in [0.1, 0.15) is 5.69 Å². The van der Waals surface area contributed by atoms with Crippen molar-refractivity contribution in [2.45, 2.75) is 31.8 Å². The maximum Gasteiger partial charge on any atom is 0.286 e. The topological polar surface area (TPSA) is 83.2 Å². The number of nitrogens with one attached hydrogen (secondary N) is 3. The van der Waals surface area contributed by atoms with Crippen LogP contribution in [0.2, 0.25) is 0 Å². The molecule has 2 heterocycles. The van der Waals surface area contributed by atoms with E-state index in [9.17, 15) is 9.59 Å². The molecule has 1 saturated heterocycles. The maximum absolute atomic E-state index is 11.6. The van der Waals surface area contributed by atoms with E-state index in [1.54, 1.807) is 12.3 Å². The van der Waals surface area contributed by atoms with Crippen LogP contribution in [0.1, 0.15) is 36.2 Å². The minimum Gasteiger partial charge on any atom is -0.378 e. The average Bonchev–Trinajstić information content (AvgIpc) is 3.04. The van der Waals surface area contributed by atoms with Crippen molar-refractivity contribution in [3.05, 3.63) is 22.4 Å². The molecule has 2 rings (SSSR count). The molecular weight excluding hydrogens is 314 g/mol. The molecule has 6 nitrogen and oxygen atoms in total. The molecule has 3 N–H and O–H groups in total. The third-order valence-electron chi connectivity index (χ3n) is 2.93. The van der Waals surface area contributed by atoms with Crippen molar-refractivity contribution < 1.29 is 14.3 Å². The number of hydrogen-bond donors (Lipinski definition) is 3. The van der Waals surface area contributed by atoms with E-state index in [-0.39, 0.29) is 17.9 Å². The third kappa shape index (κ3) is 4.36. The summed E-state index contributed by atoms with van der Waals surface area (Å²) >= 11 is 3.23. The zero-order chi connectivity index (χ0) is 13.7. The van der Waals surface area contributed by atoms with Crippen molar-refractivity contribution in [2.75, 3.05) is 6.61 Å². The van der Waals surface area contributed by atoms with E-state index in [1.807, 2.05) is 0 Å². The largest absolute Gasteiger partial charge is 0.378 e. The van der Waals surface area contributed by atoms with Crippen molar-refractivity contribution in [2.24, 2.45) is 0 Å². The lowest BCUT2D eigenvalue weighted by Gasteiger charge is -2.09. The van der Waals surface area contributed by atoms with Crippen molar-refractivity contribution in [1.82, 2.24) is 15.8 Å². The van der Waals surface area contributed by atoms with Gasteiger partial charge in [-0.15, -0.1) is 0 Å². The standard InChI is InChI=1S/C12H16BrN3O3/c13-8-6-10(14-7-8)12(18)16-15-11(17)4-3-9-2-1-5-19-9/h6-7,9,14H,1-5H2,(H,15,17)(H,16,18)/t9-/m1/s1. The van der Waals surface area contributed by atoms with Crippen LogP contribution in [-0.2, 0) is 9.53 Å². The number of hydrazine groups is 1. The Bertz CT molecular complexity index is 455. The zero-order valence-electron chi connectivity index (χ0n) is 10.4. The highest BCUT2D eigenvalue weighted by Crippen LogP contribution is 2.16. The number of halogens is 1. The fourth-order valence-electron chi connectivity index (χ4n) is 1.92. The number of amides is 2. The van der Waals surface area contributed by atoms with E-state index >= 15 is 0 Å². The first-order valence-corrected chi connectivity index (χ1v) is 6.99. The van der Waals surface area contributed by atoms with Gasteiger partial charge in [-0.05, 0) is 41.3 Å². The Hall–Kier alpha value is -1.34. The third-order valence-corrected chi connectivity index (χ3v) is 3.38. The summed E-state index contributed by atoms with van der Waals surface area (Å²) in [5.74, 6) is -0.592. The van der Waals surface area contributed by atoms with E-state index in [2.05, 4.69) is 31.8 Å². The highest BCUT2D eigenvalue weighted by atomic mass is 79.9. The second-order valence-electron chi connectivity index (χ2n) is 4.41. The molecule has 0 saturated carbocycles. The number of aromatic amines is 1. The van der Waals surface area contributed by atoms with Crippen molar-refractivity contribution in [3.63, 3.8) is 0 Å². The molecule has 0 spiro atoms. The van der Waals surface area contributed by atoms with Gasteiger partial charge in [0.2, 0.25) is 5.91 Å². The Balaban J connectivity index is 1.66. The molecule has 0 aliphatic carbocycles. The fourth-order valence-corrected chi connectivity index (χ4v) is 2.26. The summed E-state index contributed by atoms with van der Waals surface area (Å²) in [6.07, 6.45) is 4.94. The predicted octanol–water partition coefficient (Wildman–Crippen LogP) is 1.50. The van der Waals surface area contributed by atoms with Gasteiger partial charge < -0.3 is 9.72 Å². The van der Waals surface area contributed by atoms with Crippen LogP contribution < -0.4 is 10.9 Å². The summed E-state index contributed by atoms with van der Waals surface area (Å²) in [5.41, 5.74) is 5.12. The molecule has 104 valence electrons. The molecule has 0 aromatic carbocycles. The fraction of sp³-hybridized carbons (Fsp3) is 0.500. The highest BCUT2D eigenvalue weighted by Gasteiger charge is 2.17. The van der Waals surface area contributed by atoms with Crippen molar-refractivity contribution in [1.29, 1.82) is 0 Å². The van der Waals surface area contributed by atoms with Gasteiger partial charge in [0.05, 0.1) is 6.10 Å². The summed E-state index contributed by atoms with van der Waals surface area (Å²) in [5, 5.41) is 0. The lowest BCUT2D eigenvalue weighted by Crippen LogP contribution is -2.41. The van der Waals surface area contributed by atoms with Crippen molar-refractivity contribution in [3.8, 4) is 0 Å². The predicted molar refractivity (Wildman–Crippen MR) is 72.3 cm³/mol. The normalized spacial score (nSPS) is 18.3. The molecular formula is C12H16BrN3O3. The second-order valence-corrected chi connectivity index (χ2v) is 5.32. The molecule has 0 unspecified atom stereocenters. The number of rotatable bonds is 4. The van der Waals surface area contributed by atoms with Gasteiger partial charge in [-0.1, -0.05) is 0 Å². The summed E-state index contributed by atoms with van der Waals surface area (Å²) in [6, 6.07) is 1.63. The molecule has 0 radical (unpaired) electrons. The van der Waals surface area contributed by atoms with Gasteiger partial charge in [0.15, 0.2) is 0 Å². The molecule has 1 aliphatic rings. The van der Waals surface area contributed by atoms with Gasteiger partial charge in [-0.2, -0.15) is 0 Å². The van der Waals surface area contributed by atoms with Crippen LogP contribution in [0.4, 0.5) is 0 Å². The Morgan fingerprint density at radius 1 is 1.47 bits per heavy atom. The minimum atomic E-state index is -0.379. The molecule has 0 bridgehead atoms. The van der Waals surface area contributed by atoms with Gasteiger partial charge in [-0.25, -0.2) is 0 Å². The van der Waals surface area contributed by atoms with Crippen LogP contribution >= 0.6 is 15.9 Å². The smallest absolute Gasteiger partial charge is 0.286 e. The summed E-state index contributed by atoms with van der Waals surface area (Å²) < 4.78 is 6.20. The summed E-state index contributed by atoms with van der Waals surface area (Å²) in [7, 11) is 0. The molecule has 1 aromatic rings. The Morgan fingerprint density at radius 3 is 2.95 bits per heavy atom. The molecule has 1 fully saturated rings. The molecule has 7 heteroatoms. The van der Waals surface area contributed by atoms with Crippen LogP contribution in [-0.4, -0.2) is 29.5 Å². The van der Waals surface area contributed by atoms with Crippen LogP contribution in [0.3, 0.4) is 0 Å². The Kier molecular flexibility index (Phi) is 4.98. The number of carbonyl (C=O) groups excluding carboxylic acids is 2. The second kappa shape index (κ2) is 6.72. The lowest BCUT2D eigenvalue weighted by molar-refractivity contribution is -0.122. The Labute approximate surface area is 119 Å². The molecule has 2 amide bonds. The summed E-state index contributed by atoms with van der Waals surface area (Å²) in [6.45, 7) is 0.782.